The van der Waals surface area contributed by atoms with Crippen molar-refractivity contribution in [2.45, 2.75) is 26.3 Å². The van der Waals surface area contributed by atoms with Gasteiger partial charge in [0.25, 0.3) is 0 Å². The largest absolute Gasteiger partial charge is 1.00 e. The van der Waals surface area contributed by atoms with Gasteiger partial charge in [0.15, 0.2) is 9.84 Å². The third kappa shape index (κ3) is 4.84. The predicted octanol–water partition coefficient (Wildman–Crippen LogP) is -3.60. The minimum Gasteiger partial charge on any atom is -1.00 e. The molecule has 5 heteroatoms. The van der Waals surface area contributed by atoms with Gasteiger partial charge in [-0.3, -0.25) is 0 Å². The molecule has 13 heavy (non-hydrogen) atoms. The molecule has 0 spiro atoms. The lowest BCUT2D eigenvalue weighted by Gasteiger charge is -2.08. The summed E-state index contributed by atoms with van der Waals surface area (Å²) in [5.74, 6) is 1.43. The SMILES string of the molecule is CC(C)C[NH2+]C1CCS(=O)(=O)C1.[Cl-]. The summed E-state index contributed by atoms with van der Waals surface area (Å²) in [5, 5.41) is 2.18. The number of nitrogens with two attached hydrogens (primary N) is 1. The zero-order chi connectivity index (χ0) is 9.19. The van der Waals surface area contributed by atoms with Gasteiger partial charge in [0, 0.05) is 12.3 Å². The molecule has 1 atom stereocenters. The molecule has 1 aliphatic heterocycles. The molecule has 1 saturated heterocycles. The van der Waals surface area contributed by atoms with E-state index in [2.05, 4.69) is 19.2 Å². The lowest BCUT2D eigenvalue weighted by atomic mass is 10.2. The smallest absolute Gasteiger partial charge is 0.156 e. The Balaban J connectivity index is 0.00000144. The molecule has 3 nitrogen and oxygen atoms in total. The van der Waals surface area contributed by atoms with E-state index in [1.807, 2.05) is 0 Å². The van der Waals surface area contributed by atoms with E-state index in [4.69, 9.17) is 0 Å². The average molecular weight is 228 g/mol. The molecule has 0 amide bonds. The summed E-state index contributed by atoms with van der Waals surface area (Å²) in [6, 6.07) is 0.331. The van der Waals surface area contributed by atoms with Crippen LogP contribution in [0, 0.1) is 5.92 Å². The maximum atomic E-state index is 11.1. The van der Waals surface area contributed by atoms with E-state index in [1.54, 1.807) is 0 Å². The Labute approximate surface area is 86.6 Å². The van der Waals surface area contributed by atoms with Crippen molar-refractivity contribution in [3.05, 3.63) is 0 Å². The van der Waals surface area contributed by atoms with E-state index < -0.39 is 9.84 Å². The average Bonchev–Trinajstić information content (AvgIpc) is 2.26. The molecular weight excluding hydrogens is 210 g/mol. The van der Waals surface area contributed by atoms with Gasteiger partial charge in [-0.2, -0.15) is 0 Å². The van der Waals surface area contributed by atoms with Crippen LogP contribution in [0.3, 0.4) is 0 Å². The lowest BCUT2D eigenvalue weighted by Crippen LogP contribution is -3.00. The van der Waals surface area contributed by atoms with Crippen molar-refractivity contribution in [3.8, 4) is 0 Å². The molecule has 0 aromatic heterocycles. The highest BCUT2D eigenvalue weighted by atomic mass is 35.5. The van der Waals surface area contributed by atoms with Crippen molar-refractivity contribution < 1.29 is 26.1 Å². The van der Waals surface area contributed by atoms with E-state index in [9.17, 15) is 8.42 Å². The van der Waals surface area contributed by atoms with E-state index >= 15 is 0 Å². The first-order valence-electron chi connectivity index (χ1n) is 4.53. The van der Waals surface area contributed by atoms with Crippen LogP contribution in [-0.2, 0) is 9.84 Å². The molecule has 1 heterocycles. The maximum absolute atomic E-state index is 11.1. The molecule has 80 valence electrons. The molecule has 0 bridgehead atoms. The van der Waals surface area contributed by atoms with Crippen LogP contribution < -0.4 is 17.7 Å². The third-order valence-electron chi connectivity index (χ3n) is 2.21. The van der Waals surface area contributed by atoms with Crippen LogP contribution in [0.15, 0.2) is 0 Å². The summed E-state index contributed by atoms with van der Waals surface area (Å²) in [7, 11) is -2.67. The van der Waals surface area contributed by atoms with Crippen molar-refractivity contribution in [1.29, 1.82) is 0 Å². The Morgan fingerprint density at radius 2 is 2.08 bits per heavy atom. The number of hydrogen-bond donors (Lipinski definition) is 1. The third-order valence-corrected chi connectivity index (χ3v) is 4.00. The van der Waals surface area contributed by atoms with Crippen molar-refractivity contribution in [1.82, 2.24) is 0 Å². The van der Waals surface area contributed by atoms with Gasteiger partial charge in [-0.05, 0) is 0 Å². The zero-order valence-electron chi connectivity index (χ0n) is 8.16. The molecule has 1 unspecified atom stereocenters. The second kappa shape index (κ2) is 5.17. The normalized spacial score (nSPS) is 25.9. The van der Waals surface area contributed by atoms with Crippen LogP contribution in [0.4, 0.5) is 0 Å². The molecule has 0 saturated carbocycles. The Bertz CT molecular complexity index is 239. The van der Waals surface area contributed by atoms with Crippen molar-refractivity contribution >= 4 is 9.84 Å². The molecule has 0 aromatic rings. The maximum Gasteiger partial charge on any atom is 0.156 e. The van der Waals surface area contributed by atoms with Crippen LogP contribution in [-0.4, -0.2) is 32.5 Å². The van der Waals surface area contributed by atoms with Gasteiger partial charge in [-0.15, -0.1) is 0 Å². The van der Waals surface area contributed by atoms with Gasteiger partial charge in [0.2, 0.25) is 0 Å². The van der Waals surface area contributed by atoms with Crippen LogP contribution in [0.5, 0.6) is 0 Å². The van der Waals surface area contributed by atoms with Gasteiger partial charge in [0.05, 0.1) is 12.3 Å². The highest BCUT2D eigenvalue weighted by molar-refractivity contribution is 7.91. The predicted molar refractivity (Wildman–Crippen MR) is 48.7 cm³/mol. The fourth-order valence-electron chi connectivity index (χ4n) is 1.47. The van der Waals surface area contributed by atoms with Gasteiger partial charge in [-0.1, -0.05) is 13.8 Å². The number of hydrogen-bond acceptors (Lipinski definition) is 2. The number of halogens is 1. The Hall–Kier alpha value is 0.200. The fraction of sp³-hybridized carbons (Fsp3) is 1.00. The first kappa shape index (κ1) is 13.2. The number of sulfone groups is 1. The molecule has 0 radical (unpaired) electrons. The van der Waals surface area contributed by atoms with Gasteiger partial charge >= 0.3 is 0 Å². The summed E-state index contributed by atoms with van der Waals surface area (Å²) in [6.45, 7) is 5.35. The van der Waals surface area contributed by atoms with Gasteiger partial charge < -0.3 is 17.7 Å². The molecule has 1 rings (SSSR count). The first-order chi connectivity index (χ1) is 5.49. The summed E-state index contributed by atoms with van der Waals surface area (Å²) in [6.07, 6.45) is 0.842. The summed E-state index contributed by atoms with van der Waals surface area (Å²) in [5.41, 5.74) is 0. The monoisotopic (exact) mass is 227 g/mol. The molecule has 0 aliphatic carbocycles. The summed E-state index contributed by atoms with van der Waals surface area (Å²) in [4.78, 5) is 0. The molecular formula is C8H18ClNO2S. The van der Waals surface area contributed by atoms with Gasteiger partial charge in [-0.25, -0.2) is 8.42 Å². The number of rotatable bonds is 3. The molecule has 1 fully saturated rings. The quantitative estimate of drug-likeness (QED) is 0.542. The van der Waals surface area contributed by atoms with Crippen molar-refractivity contribution in [2.24, 2.45) is 5.92 Å². The van der Waals surface area contributed by atoms with Crippen LogP contribution >= 0.6 is 0 Å². The van der Waals surface area contributed by atoms with Gasteiger partial charge in [0.1, 0.15) is 11.8 Å². The number of quaternary nitrogens is 1. The highest BCUT2D eigenvalue weighted by Crippen LogP contribution is 2.07. The van der Waals surface area contributed by atoms with Crippen LogP contribution in [0.25, 0.3) is 0 Å². The first-order valence-corrected chi connectivity index (χ1v) is 6.35. The van der Waals surface area contributed by atoms with Crippen LogP contribution in [0.2, 0.25) is 0 Å². The van der Waals surface area contributed by atoms with Crippen molar-refractivity contribution in [2.75, 3.05) is 18.1 Å². The van der Waals surface area contributed by atoms with E-state index in [0.717, 1.165) is 13.0 Å². The Morgan fingerprint density at radius 3 is 2.46 bits per heavy atom. The van der Waals surface area contributed by atoms with Crippen molar-refractivity contribution in [3.63, 3.8) is 0 Å². The molecule has 0 aromatic carbocycles. The van der Waals surface area contributed by atoms with E-state index in [-0.39, 0.29) is 12.4 Å². The molecule has 2 N–H and O–H groups in total. The topological polar surface area (TPSA) is 50.8 Å². The summed E-state index contributed by atoms with van der Waals surface area (Å²) < 4.78 is 22.1. The highest BCUT2D eigenvalue weighted by Gasteiger charge is 2.30. The van der Waals surface area contributed by atoms with E-state index in [1.165, 1.54) is 0 Å². The fourth-order valence-corrected chi connectivity index (χ4v) is 3.26. The summed E-state index contributed by atoms with van der Waals surface area (Å²) >= 11 is 0. The minimum absolute atomic E-state index is 0. The second-order valence-corrected chi connectivity index (χ2v) is 6.26. The minimum atomic E-state index is -2.67. The van der Waals surface area contributed by atoms with Crippen LogP contribution in [0.1, 0.15) is 20.3 Å². The Kier molecular flexibility index (Phi) is 5.25. The molecule has 1 aliphatic rings. The second-order valence-electron chi connectivity index (χ2n) is 4.03. The Morgan fingerprint density at radius 1 is 1.46 bits per heavy atom. The zero-order valence-corrected chi connectivity index (χ0v) is 9.74. The lowest BCUT2D eigenvalue weighted by molar-refractivity contribution is -0.688. The standard InChI is InChI=1S/C8H17NO2S.ClH/c1-7(2)5-9-8-3-4-12(10,11)6-8;/h7-9H,3-6H2,1-2H3;1H. The van der Waals surface area contributed by atoms with E-state index in [0.29, 0.717) is 23.5 Å².